The highest BCUT2D eigenvalue weighted by atomic mass is 35.5. The van der Waals surface area contributed by atoms with Gasteiger partial charge in [0.2, 0.25) is 5.96 Å². The van der Waals surface area contributed by atoms with Crippen LogP contribution in [0.25, 0.3) is 11.3 Å². The molecule has 3 aromatic rings. The van der Waals surface area contributed by atoms with Crippen LogP contribution in [-0.4, -0.2) is 69.1 Å². The van der Waals surface area contributed by atoms with Gasteiger partial charge in [0.15, 0.2) is 10.8 Å². The van der Waals surface area contributed by atoms with Crippen LogP contribution < -0.4 is 26.0 Å². The van der Waals surface area contributed by atoms with Crippen LogP contribution in [0.1, 0.15) is 49.2 Å². The quantitative estimate of drug-likeness (QED) is 0.118. The number of aryl methyl sites for hydroxylation is 1. The van der Waals surface area contributed by atoms with Gasteiger partial charge in [-0.2, -0.15) is 18.3 Å². The summed E-state index contributed by atoms with van der Waals surface area (Å²) in [6.45, 7) is 3.33. The van der Waals surface area contributed by atoms with Crippen molar-refractivity contribution < 1.29 is 41.8 Å². The van der Waals surface area contributed by atoms with E-state index in [1.807, 2.05) is 0 Å². The van der Waals surface area contributed by atoms with Gasteiger partial charge in [0.25, 0.3) is 5.91 Å². The number of hydrogen-bond acceptors (Lipinski definition) is 11. The van der Waals surface area contributed by atoms with Crippen molar-refractivity contribution in [2.75, 3.05) is 31.4 Å². The number of ether oxygens (including phenoxy) is 1. The summed E-state index contributed by atoms with van der Waals surface area (Å²) < 4.78 is 67.5. The molecule has 0 radical (unpaired) electrons. The highest BCUT2D eigenvalue weighted by molar-refractivity contribution is 7.32. The van der Waals surface area contributed by atoms with E-state index in [0.29, 0.717) is 29.8 Å². The van der Waals surface area contributed by atoms with Gasteiger partial charge in [0, 0.05) is 31.0 Å². The number of benzene rings is 1. The predicted molar refractivity (Wildman–Crippen MR) is 177 cm³/mol. The van der Waals surface area contributed by atoms with Crippen LogP contribution in [0.4, 0.5) is 24.5 Å². The van der Waals surface area contributed by atoms with Crippen LogP contribution >= 0.6 is 19.9 Å². The minimum Gasteiger partial charge on any atom is -0.495 e. The fourth-order valence-corrected chi connectivity index (χ4v) is 5.77. The zero-order valence-electron chi connectivity index (χ0n) is 27.0. The number of aromatic nitrogens is 3. The van der Waals surface area contributed by atoms with Gasteiger partial charge in [0.1, 0.15) is 23.8 Å². The molecule has 6 N–H and O–H groups in total. The van der Waals surface area contributed by atoms with Gasteiger partial charge in [-0.1, -0.05) is 31.5 Å². The maximum atomic E-state index is 14.9. The van der Waals surface area contributed by atoms with Crippen molar-refractivity contribution in [1.29, 1.82) is 0 Å². The molecule has 264 valence electrons. The van der Waals surface area contributed by atoms with Crippen molar-refractivity contribution in [3.05, 3.63) is 64.3 Å². The monoisotopic (exact) mass is 727 g/mol. The molecule has 14 nitrogen and oxygen atoms in total. The van der Waals surface area contributed by atoms with E-state index in [0.717, 1.165) is 0 Å². The second-order valence-electron chi connectivity index (χ2n) is 10.7. The van der Waals surface area contributed by atoms with Crippen LogP contribution in [0, 0.1) is 0 Å². The Morgan fingerprint density at radius 2 is 1.88 bits per heavy atom. The standard InChI is InChI=1S/C30H35ClF3N8O6P/c1-5-29(6-2)24(30(32,33)34)26(39-28(40-29)38-20-9-8-17(14-22(20)47-4)16-48-49(45)46)37-21-11-10-19(36-23(21)27(44)35-3)18-15-42(12-7-13-43)41-25(18)31/h8-11,14-15,43H,5-7,12-13,16H2,1-4H3,(H4-,35,37,38,39,40,44,45,46)/p+1. The van der Waals surface area contributed by atoms with Crippen molar-refractivity contribution >= 4 is 43.1 Å². The van der Waals surface area contributed by atoms with E-state index >= 15 is 0 Å². The number of amides is 1. The van der Waals surface area contributed by atoms with Gasteiger partial charge < -0.3 is 31.1 Å². The highest BCUT2D eigenvalue weighted by Gasteiger charge is 2.51. The van der Waals surface area contributed by atoms with Gasteiger partial charge in [0.05, 0.1) is 35.3 Å². The molecule has 1 unspecified atom stereocenters. The van der Waals surface area contributed by atoms with Gasteiger partial charge >= 0.3 is 14.4 Å². The van der Waals surface area contributed by atoms with Gasteiger partial charge in [-0.3, -0.25) is 9.48 Å². The Morgan fingerprint density at radius 3 is 2.49 bits per heavy atom. The number of carbonyl (C=O) groups excluding carboxylic acids is 1. The summed E-state index contributed by atoms with van der Waals surface area (Å²) in [6, 6.07) is 7.60. The molecular weight excluding hydrogens is 692 g/mol. The van der Waals surface area contributed by atoms with Crippen LogP contribution in [0.2, 0.25) is 5.15 Å². The Morgan fingerprint density at radius 1 is 1.16 bits per heavy atom. The Bertz CT molecular complexity index is 1760. The summed E-state index contributed by atoms with van der Waals surface area (Å²) in [5.74, 6) is -0.938. The molecule has 1 aliphatic heterocycles. The third-order valence-corrected chi connectivity index (χ3v) is 8.36. The van der Waals surface area contributed by atoms with Crippen LogP contribution in [0.5, 0.6) is 5.75 Å². The van der Waals surface area contributed by atoms with E-state index in [9.17, 15) is 22.5 Å². The SMILES string of the molecule is CCC1(CC)N=C(Nc2ccc(CO[P+](=O)O)cc2OC)NC(Nc2ccc(-c3cn(CCCO)nc3Cl)nc2C(=O)NC)=C1C(F)(F)F. The molecule has 0 saturated heterocycles. The Hall–Kier alpha value is -4.28. The molecule has 0 saturated carbocycles. The van der Waals surface area contributed by atoms with Crippen LogP contribution in [0.15, 0.2) is 52.9 Å². The fraction of sp³-hybridized carbons (Fsp3) is 0.400. The average molecular weight is 728 g/mol. The minimum atomic E-state index is -4.85. The number of nitrogens with one attached hydrogen (secondary N) is 4. The lowest BCUT2D eigenvalue weighted by Crippen LogP contribution is -2.49. The van der Waals surface area contributed by atoms with E-state index < -0.39 is 37.3 Å². The molecule has 3 heterocycles. The Labute approximate surface area is 285 Å². The number of alkyl halides is 3. The summed E-state index contributed by atoms with van der Waals surface area (Å²) in [7, 11) is -0.0784. The largest absolute Gasteiger partial charge is 0.695 e. The number of aliphatic hydroxyl groups is 1. The minimum absolute atomic E-state index is 0.0264. The average Bonchev–Trinajstić information content (AvgIpc) is 3.45. The lowest BCUT2D eigenvalue weighted by molar-refractivity contribution is -0.103. The fourth-order valence-electron chi connectivity index (χ4n) is 5.27. The van der Waals surface area contributed by atoms with Crippen LogP contribution in [-0.2, 0) is 22.2 Å². The van der Waals surface area contributed by atoms with Crippen molar-refractivity contribution in [1.82, 2.24) is 25.4 Å². The summed E-state index contributed by atoms with van der Waals surface area (Å²) in [5.41, 5.74) is -1.50. The topological polar surface area (TPSA) is 184 Å². The van der Waals surface area contributed by atoms with Crippen molar-refractivity contribution in [2.24, 2.45) is 4.99 Å². The molecule has 49 heavy (non-hydrogen) atoms. The van der Waals surface area contributed by atoms with E-state index in [2.05, 4.69) is 36.3 Å². The number of aliphatic hydroxyl groups excluding tert-OH is 1. The van der Waals surface area contributed by atoms with E-state index in [1.165, 1.54) is 31.0 Å². The molecule has 19 heteroatoms. The lowest BCUT2D eigenvalue weighted by Gasteiger charge is -2.38. The highest BCUT2D eigenvalue weighted by Crippen LogP contribution is 2.44. The third kappa shape index (κ3) is 8.66. The first-order chi connectivity index (χ1) is 23.3. The molecule has 0 bridgehead atoms. The summed E-state index contributed by atoms with van der Waals surface area (Å²) in [6.07, 6.45) is -2.87. The molecule has 1 amide bonds. The number of pyridine rings is 1. The maximum absolute atomic E-state index is 14.9. The number of hydrogen-bond donors (Lipinski definition) is 6. The molecule has 4 rings (SSSR count). The molecule has 0 aliphatic carbocycles. The maximum Gasteiger partial charge on any atom is 0.695 e. The Kier molecular flexibility index (Phi) is 12.2. The van der Waals surface area contributed by atoms with Crippen LogP contribution in [0.3, 0.4) is 0 Å². The zero-order chi connectivity index (χ0) is 35.9. The van der Waals surface area contributed by atoms with Gasteiger partial charge in [-0.15, -0.1) is 9.42 Å². The molecule has 1 aliphatic rings. The predicted octanol–water partition coefficient (Wildman–Crippen LogP) is 5.33. The van der Waals surface area contributed by atoms with Gasteiger partial charge in [-0.25, -0.2) is 9.98 Å². The normalized spacial score (nSPS) is 14.6. The molecule has 2 aromatic heterocycles. The number of nitrogens with zero attached hydrogens (tertiary/aromatic N) is 4. The first-order valence-electron chi connectivity index (χ1n) is 15.0. The molecule has 0 fully saturated rings. The number of methoxy groups -OCH3 is 1. The van der Waals surface area contributed by atoms with E-state index in [-0.39, 0.29) is 60.0 Å². The first kappa shape index (κ1) is 37.5. The number of rotatable bonds is 14. The summed E-state index contributed by atoms with van der Waals surface area (Å²) in [5, 5.41) is 24.4. The third-order valence-electron chi connectivity index (χ3n) is 7.73. The first-order valence-corrected chi connectivity index (χ1v) is 16.6. The van der Waals surface area contributed by atoms with Crippen molar-refractivity contribution in [2.45, 2.75) is 58.0 Å². The number of anilines is 2. The summed E-state index contributed by atoms with van der Waals surface area (Å²) >= 11 is 6.34. The molecular formula is C30H36ClF3N8O6P+. The molecule has 1 atom stereocenters. The second-order valence-corrected chi connectivity index (χ2v) is 11.8. The summed E-state index contributed by atoms with van der Waals surface area (Å²) in [4.78, 5) is 31.0. The van der Waals surface area contributed by atoms with E-state index in [4.69, 9.17) is 30.9 Å². The van der Waals surface area contributed by atoms with Gasteiger partial charge in [-0.05, 0) is 49.1 Å². The number of halogens is 4. The van der Waals surface area contributed by atoms with Crippen molar-refractivity contribution in [3.63, 3.8) is 0 Å². The molecule has 1 aromatic carbocycles. The number of aliphatic imine (C=N–C) groups is 1. The number of guanidine groups is 1. The van der Waals surface area contributed by atoms with Crippen molar-refractivity contribution in [3.8, 4) is 17.0 Å². The Balaban J connectivity index is 1.77. The van der Waals surface area contributed by atoms with E-state index in [1.54, 1.807) is 38.2 Å². The second kappa shape index (κ2) is 16.0. The smallest absolute Gasteiger partial charge is 0.495 e. The lowest BCUT2D eigenvalue weighted by atomic mass is 9.83. The zero-order valence-corrected chi connectivity index (χ0v) is 28.6. The number of carbonyl (C=O) groups is 1. The molecule has 0 spiro atoms.